The molecule has 0 fully saturated rings. The normalized spacial score (nSPS) is 12.2. The molecule has 1 unspecified atom stereocenters. The predicted octanol–water partition coefficient (Wildman–Crippen LogP) is 3.45. The Hall–Kier alpha value is -1.53. The molecule has 1 aromatic heterocycles. The first-order valence-electron chi connectivity index (χ1n) is 6.28. The van der Waals surface area contributed by atoms with Gasteiger partial charge in [-0.15, -0.1) is 0 Å². The molecule has 0 aliphatic heterocycles. The molecule has 0 spiro atoms. The highest BCUT2D eigenvalue weighted by atomic mass is 79.9. The van der Waals surface area contributed by atoms with Crippen LogP contribution in [-0.2, 0) is 6.42 Å². The Balaban J connectivity index is 2.07. The molecular weight excluding hydrogens is 325 g/mol. The molecule has 20 heavy (non-hydrogen) atoms. The zero-order valence-corrected chi connectivity index (χ0v) is 12.6. The van der Waals surface area contributed by atoms with E-state index in [1.807, 2.05) is 6.92 Å². The molecular formula is C14H15BrFN3O. The molecule has 0 aliphatic carbocycles. The van der Waals surface area contributed by atoms with Crippen molar-refractivity contribution in [1.29, 1.82) is 0 Å². The van der Waals surface area contributed by atoms with E-state index in [9.17, 15) is 4.39 Å². The number of hydrogen-bond acceptors (Lipinski definition) is 4. The molecule has 106 valence electrons. The summed E-state index contributed by atoms with van der Waals surface area (Å²) in [7, 11) is 0. The zero-order chi connectivity index (χ0) is 14.5. The maximum Gasteiger partial charge on any atom is 0.321 e. The lowest BCUT2D eigenvalue weighted by Gasteiger charge is -2.09. The average Bonchev–Trinajstić information content (AvgIpc) is 2.44. The third-order valence-electron chi connectivity index (χ3n) is 2.80. The van der Waals surface area contributed by atoms with E-state index in [1.54, 1.807) is 18.5 Å². The zero-order valence-electron chi connectivity index (χ0n) is 11.0. The molecule has 0 amide bonds. The van der Waals surface area contributed by atoms with Gasteiger partial charge in [0.1, 0.15) is 0 Å². The van der Waals surface area contributed by atoms with Crippen LogP contribution in [0.15, 0.2) is 35.1 Å². The smallest absolute Gasteiger partial charge is 0.321 e. The van der Waals surface area contributed by atoms with Crippen LogP contribution in [0.5, 0.6) is 11.8 Å². The van der Waals surface area contributed by atoms with Gasteiger partial charge in [-0.1, -0.05) is 22.9 Å². The van der Waals surface area contributed by atoms with Crippen molar-refractivity contribution in [3.05, 3.63) is 46.4 Å². The summed E-state index contributed by atoms with van der Waals surface area (Å²) < 4.78 is 19.6. The molecule has 0 saturated heterocycles. The number of ether oxygens (including phenoxy) is 1. The van der Waals surface area contributed by atoms with E-state index in [1.165, 1.54) is 12.1 Å². The van der Waals surface area contributed by atoms with Gasteiger partial charge >= 0.3 is 6.01 Å². The summed E-state index contributed by atoms with van der Waals surface area (Å²) >= 11 is 3.18. The van der Waals surface area contributed by atoms with Gasteiger partial charge in [-0.25, -0.2) is 14.4 Å². The standard InChI is InChI=1S/C14H15BrFN3O/c1-2-11(17)5-9-7-18-14(19-8-9)20-13-4-3-10(15)6-12(13)16/h3-4,6-8,11H,2,5,17H2,1H3. The number of benzene rings is 1. The van der Waals surface area contributed by atoms with E-state index in [0.29, 0.717) is 10.9 Å². The maximum absolute atomic E-state index is 13.6. The van der Waals surface area contributed by atoms with Crippen molar-refractivity contribution >= 4 is 15.9 Å². The summed E-state index contributed by atoms with van der Waals surface area (Å²) in [6.07, 6.45) is 4.90. The number of hydrogen-bond donors (Lipinski definition) is 1. The van der Waals surface area contributed by atoms with Crippen LogP contribution in [0.4, 0.5) is 4.39 Å². The molecule has 2 rings (SSSR count). The quantitative estimate of drug-likeness (QED) is 0.906. The Bertz CT molecular complexity index is 577. The van der Waals surface area contributed by atoms with E-state index in [0.717, 1.165) is 12.0 Å². The monoisotopic (exact) mass is 339 g/mol. The lowest BCUT2D eigenvalue weighted by atomic mass is 10.1. The Kier molecular flexibility index (Phi) is 5.03. The van der Waals surface area contributed by atoms with Gasteiger partial charge in [0.2, 0.25) is 0 Å². The van der Waals surface area contributed by atoms with E-state index >= 15 is 0 Å². The number of aromatic nitrogens is 2. The van der Waals surface area contributed by atoms with E-state index < -0.39 is 5.82 Å². The maximum atomic E-state index is 13.6. The van der Waals surface area contributed by atoms with Crippen molar-refractivity contribution in [3.8, 4) is 11.8 Å². The number of nitrogens with zero attached hydrogens (tertiary/aromatic N) is 2. The second kappa shape index (κ2) is 6.76. The molecule has 1 aromatic carbocycles. The topological polar surface area (TPSA) is 61.0 Å². The summed E-state index contributed by atoms with van der Waals surface area (Å²) in [6, 6.07) is 4.73. The first-order chi connectivity index (χ1) is 9.58. The summed E-state index contributed by atoms with van der Waals surface area (Å²) in [6.45, 7) is 2.03. The molecule has 1 atom stereocenters. The summed E-state index contributed by atoms with van der Waals surface area (Å²) in [4.78, 5) is 8.12. The minimum absolute atomic E-state index is 0.0891. The fourth-order valence-electron chi connectivity index (χ4n) is 1.60. The number of nitrogens with two attached hydrogens (primary N) is 1. The lowest BCUT2D eigenvalue weighted by molar-refractivity contribution is 0.410. The summed E-state index contributed by atoms with van der Waals surface area (Å²) in [5.41, 5.74) is 6.79. The molecule has 0 radical (unpaired) electrons. The predicted molar refractivity (Wildman–Crippen MR) is 78.2 cm³/mol. The average molecular weight is 340 g/mol. The number of halogens is 2. The van der Waals surface area contributed by atoms with Gasteiger partial charge < -0.3 is 10.5 Å². The van der Waals surface area contributed by atoms with Crippen molar-refractivity contribution in [2.45, 2.75) is 25.8 Å². The highest BCUT2D eigenvalue weighted by Crippen LogP contribution is 2.24. The molecule has 6 heteroatoms. The minimum atomic E-state index is -0.472. The lowest BCUT2D eigenvalue weighted by Crippen LogP contribution is -2.21. The van der Waals surface area contributed by atoms with Crippen LogP contribution in [0.3, 0.4) is 0 Å². The van der Waals surface area contributed by atoms with Crippen molar-refractivity contribution in [1.82, 2.24) is 9.97 Å². The Morgan fingerprint density at radius 1 is 1.35 bits per heavy atom. The first-order valence-corrected chi connectivity index (χ1v) is 7.07. The highest BCUT2D eigenvalue weighted by molar-refractivity contribution is 9.10. The molecule has 4 nitrogen and oxygen atoms in total. The molecule has 2 aromatic rings. The summed E-state index contributed by atoms with van der Waals surface area (Å²) in [5.74, 6) is -0.383. The second-order valence-corrected chi connectivity index (χ2v) is 5.34. The van der Waals surface area contributed by atoms with Crippen LogP contribution in [0.1, 0.15) is 18.9 Å². The van der Waals surface area contributed by atoms with Crippen molar-refractivity contribution in [3.63, 3.8) is 0 Å². The molecule has 2 N–H and O–H groups in total. The van der Waals surface area contributed by atoms with Crippen LogP contribution in [0, 0.1) is 5.82 Å². The van der Waals surface area contributed by atoms with E-state index in [2.05, 4.69) is 25.9 Å². The van der Waals surface area contributed by atoms with Crippen molar-refractivity contribution < 1.29 is 9.13 Å². The Morgan fingerprint density at radius 2 is 2.05 bits per heavy atom. The van der Waals surface area contributed by atoms with Crippen LogP contribution in [-0.4, -0.2) is 16.0 Å². The first kappa shape index (κ1) is 14.9. The van der Waals surface area contributed by atoms with Crippen LogP contribution in [0.2, 0.25) is 0 Å². The molecule has 0 aliphatic rings. The largest absolute Gasteiger partial charge is 0.421 e. The summed E-state index contributed by atoms with van der Waals surface area (Å²) in [5, 5.41) is 0. The highest BCUT2D eigenvalue weighted by Gasteiger charge is 2.08. The molecule has 0 bridgehead atoms. The van der Waals surface area contributed by atoms with Gasteiger partial charge in [0.25, 0.3) is 0 Å². The third kappa shape index (κ3) is 3.98. The van der Waals surface area contributed by atoms with E-state index in [-0.39, 0.29) is 17.8 Å². The van der Waals surface area contributed by atoms with Gasteiger partial charge in [-0.05, 0) is 36.6 Å². The van der Waals surface area contributed by atoms with Gasteiger partial charge in [-0.2, -0.15) is 0 Å². The fraction of sp³-hybridized carbons (Fsp3) is 0.286. The molecule has 1 heterocycles. The Labute approximate surface area is 125 Å². The van der Waals surface area contributed by atoms with E-state index in [4.69, 9.17) is 10.5 Å². The SMILES string of the molecule is CCC(N)Cc1cnc(Oc2ccc(Br)cc2F)nc1. The second-order valence-electron chi connectivity index (χ2n) is 4.42. The Morgan fingerprint density at radius 3 is 2.65 bits per heavy atom. The molecule has 0 saturated carbocycles. The van der Waals surface area contributed by atoms with Gasteiger partial charge in [0.15, 0.2) is 11.6 Å². The van der Waals surface area contributed by atoms with Crippen LogP contribution in [0.25, 0.3) is 0 Å². The third-order valence-corrected chi connectivity index (χ3v) is 3.29. The van der Waals surface area contributed by atoms with Crippen molar-refractivity contribution in [2.75, 3.05) is 0 Å². The van der Waals surface area contributed by atoms with Gasteiger partial charge in [-0.3, -0.25) is 0 Å². The van der Waals surface area contributed by atoms with Crippen LogP contribution < -0.4 is 10.5 Å². The number of rotatable bonds is 5. The van der Waals surface area contributed by atoms with Crippen LogP contribution >= 0.6 is 15.9 Å². The minimum Gasteiger partial charge on any atom is -0.421 e. The van der Waals surface area contributed by atoms with Crippen molar-refractivity contribution in [2.24, 2.45) is 5.73 Å². The fourth-order valence-corrected chi connectivity index (χ4v) is 1.94. The van der Waals surface area contributed by atoms with Gasteiger partial charge in [0.05, 0.1) is 0 Å². The van der Waals surface area contributed by atoms with Gasteiger partial charge in [0, 0.05) is 22.9 Å².